The summed E-state index contributed by atoms with van der Waals surface area (Å²) in [5, 5.41) is 8.68. The van der Waals surface area contributed by atoms with E-state index in [-0.39, 0.29) is 5.56 Å². The smallest absolute Gasteiger partial charge is 0.335 e. The molecule has 0 saturated heterocycles. The van der Waals surface area contributed by atoms with Crippen LogP contribution in [0.2, 0.25) is 0 Å². The van der Waals surface area contributed by atoms with Gasteiger partial charge in [0.05, 0.1) is 5.56 Å². The first-order valence-electron chi connectivity index (χ1n) is 3.80. The van der Waals surface area contributed by atoms with E-state index in [1.807, 2.05) is 0 Å². The van der Waals surface area contributed by atoms with Gasteiger partial charge in [-0.05, 0) is 23.8 Å². The average molecular weight is 255 g/mol. The summed E-state index contributed by atoms with van der Waals surface area (Å²) in [6.45, 7) is 0. The van der Waals surface area contributed by atoms with Gasteiger partial charge in [0.25, 0.3) is 0 Å². The SMILES string of the molecule is O=CC=Cc1ccc(C(=O)O)cc1Br. The molecule has 0 amide bonds. The number of allylic oxidation sites excluding steroid dienone is 1. The van der Waals surface area contributed by atoms with Crippen LogP contribution in [0.15, 0.2) is 28.7 Å². The number of hydrogen-bond acceptors (Lipinski definition) is 2. The fourth-order valence-corrected chi connectivity index (χ4v) is 1.45. The third kappa shape index (κ3) is 2.53. The van der Waals surface area contributed by atoms with Crippen LogP contribution in [0, 0.1) is 0 Å². The third-order valence-electron chi connectivity index (χ3n) is 1.60. The molecule has 0 radical (unpaired) electrons. The summed E-state index contributed by atoms with van der Waals surface area (Å²) in [6.07, 6.45) is 3.61. The Hall–Kier alpha value is -1.42. The van der Waals surface area contributed by atoms with Crippen LogP contribution in [0.3, 0.4) is 0 Å². The fourth-order valence-electron chi connectivity index (χ4n) is 0.938. The van der Waals surface area contributed by atoms with E-state index < -0.39 is 5.97 Å². The molecule has 0 aromatic heterocycles. The predicted octanol–water partition coefficient (Wildman–Crippen LogP) is 2.36. The van der Waals surface area contributed by atoms with Gasteiger partial charge in [-0.3, -0.25) is 4.79 Å². The number of aromatic carboxylic acids is 1. The van der Waals surface area contributed by atoms with Gasteiger partial charge in [-0.25, -0.2) is 4.79 Å². The molecule has 0 aliphatic carbocycles. The molecule has 1 aromatic rings. The quantitative estimate of drug-likeness (QED) is 0.666. The normalized spacial score (nSPS) is 10.4. The molecule has 3 nitrogen and oxygen atoms in total. The molecule has 14 heavy (non-hydrogen) atoms. The van der Waals surface area contributed by atoms with Crippen LogP contribution >= 0.6 is 15.9 Å². The molecule has 1 rings (SSSR count). The summed E-state index contributed by atoms with van der Waals surface area (Å²) in [7, 11) is 0. The van der Waals surface area contributed by atoms with Gasteiger partial charge in [0.2, 0.25) is 0 Å². The van der Waals surface area contributed by atoms with Crippen molar-refractivity contribution < 1.29 is 14.7 Å². The molecule has 0 aliphatic rings. The van der Waals surface area contributed by atoms with Crippen molar-refractivity contribution in [2.24, 2.45) is 0 Å². The molecular formula is C10H7BrO3. The van der Waals surface area contributed by atoms with Crippen LogP contribution in [0.1, 0.15) is 15.9 Å². The highest BCUT2D eigenvalue weighted by atomic mass is 79.9. The van der Waals surface area contributed by atoms with E-state index in [1.165, 1.54) is 18.2 Å². The van der Waals surface area contributed by atoms with Gasteiger partial charge in [-0.1, -0.05) is 28.1 Å². The van der Waals surface area contributed by atoms with E-state index >= 15 is 0 Å². The minimum Gasteiger partial charge on any atom is -0.478 e. The molecule has 0 unspecified atom stereocenters. The Morgan fingerprint density at radius 2 is 2.14 bits per heavy atom. The second-order valence-electron chi connectivity index (χ2n) is 2.54. The number of carbonyl (C=O) groups excluding carboxylic acids is 1. The molecule has 0 heterocycles. The first-order valence-corrected chi connectivity index (χ1v) is 4.59. The Morgan fingerprint density at radius 3 is 2.64 bits per heavy atom. The van der Waals surface area contributed by atoms with E-state index in [0.717, 1.165) is 5.56 Å². The van der Waals surface area contributed by atoms with Crippen LogP contribution < -0.4 is 0 Å². The van der Waals surface area contributed by atoms with Crippen molar-refractivity contribution in [3.8, 4) is 0 Å². The van der Waals surface area contributed by atoms with Crippen LogP contribution in [0.5, 0.6) is 0 Å². The lowest BCUT2D eigenvalue weighted by Gasteiger charge is -1.99. The summed E-state index contributed by atoms with van der Waals surface area (Å²) < 4.78 is 0.649. The second kappa shape index (κ2) is 4.72. The summed E-state index contributed by atoms with van der Waals surface area (Å²) >= 11 is 3.22. The maximum Gasteiger partial charge on any atom is 0.335 e. The molecule has 0 spiro atoms. The molecule has 0 aliphatic heterocycles. The molecule has 0 atom stereocenters. The monoisotopic (exact) mass is 254 g/mol. The highest BCUT2D eigenvalue weighted by molar-refractivity contribution is 9.10. The van der Waals surface area contributed by atoms with Gasteiger partial charge < -0.3 is 5.11 Å². The van der Waals surface area contributed by atoms with Crippen molar-refractivity contribution >= 4 is 34.3 Å². The lowest BCUT2D eigenvalue weighted by atomic mass is 10.1. The largest absolute Gasteiger partial charge is 0.478 e. The van der Waals surface area contributed by atoms with Gasteiger partial charge in [-0.15, -0.1) is 0 Å². The molecule has 0 bridgehead atoms. The Labute approximate surface area is 89.2 Å². The van der Waals surface area contributed by atoms with E-state index in [2.05, 4.69) is 15.9 Å². The first-order chi connectivity index (χ1) is 6.65. The zero-order valence-corrected chi connectivity index (χ0v) is 8.69. The standard InChI is InChI=1S/C10H7BrO3/c11-9-6-8(10(13)14)4-3-7(9)2-1-5-12/h1-6H,(H,13,14). The molecule has 72 valence electrons. The lowest BCUT2D eigenvalue weighted by Crippen LogP contribution is -1.95. The minimum atomic E-state index is -0.975. The maximum absolute atomic E-state index is 10.6. The Kier molecular flexibility index (Phi) is 3.59. The van der Waals surface area contributed by atoms with Gasteiger partial charge >= 0.3 is 5.97 Å². The van der Waals surface area contributed by atoms with E-state index in [1.54, 1.807) is 12.1 Å². The van der Waals surface area contributed by atoms with Crippen molar-refractivity contribution in [3.05, 3.63) is 39.9 Å². The molecule has 4 heteroatoms. The van der Waals surface area contributed by atoms with E-state index in [9.17, 15) is 9.59 Å². The third-order valence-corrected chi connectivity index (χ3v) is 2.29. The molecule has 1 N–H and O–H groups in total. The predicted molar refractivity (Wildman–Crippen MR) is 56.2 cm³/mol. The average Bonchev–Trinajstić information content (AvgIpc) is 2.15. The van der Waals surface area contributed by atoms with Crippen molar-refractivity contribution in [1.29, 1.82) is 0 Å². The lowest BCUT2D eigenvalue weighted by molar-refractivity contribution is -0.104. The highest BCUT2D eigenvalue weighted by Gasteiger charge is 2.04. The maximum atomic E-state index is 10.6. The van der Waals surface area contributed by atoms with Gasteiger partial charge in [0.15, 0.2) is 0 Å². The Balaban J connectivity index is 3.07. The zero-order chi connectivity index (χ0) is 10.6. The Bertz CT molecular complexity index is 396. The van der Waals surface area contributed by atoms with Crippen LogP contribution in [-0.4, -0.2) is 17.4 Å². The van der Waals surface area contributed by atoms with Gasteiger partial charge in [-0.2, -0.15) is 0 Å². The van der Waals surface area contributed by atoms with E-state index in [0.29, 0.717) is 10.8 Å². The molecule has 1 aromatic carbocycles. The van der Waals surface area contributed by atoms with Crippen LogP contribution in [0.25, 0.3) is 6.08 Å². The number of aldehydes is 1. The van der Waals surface area contributed by atoms with Crippen LogP contribution in [0.4, 0.5) is 0 Å². The summed E-state index contributed by atoms with van der Waals surface area (Å²) in [4.78, 5) is 20.7. The van der Waals surface area contributed by atoms with Gasteiger partial charge in [0.1, 0.15) is 6.29 Å². The highest BCUT2D eigenvalue weighted by Crippen LogP contribution is 2.19. The number of rotatable bonds is 3. The van der Waals surface area contributed by atoms with Crippen LogP contribution in [-0.2, 0) is 4.79 Å². The fraction of sp³-hybridized carbons (Fsp3) is 0. The molecule has 0 saturated carbocycles. The molecule has 0 fully saturated rings. The summed E-state index contributed by atoms with van der Waals surface area (Å²) in [6, 6.07) is 4.61. The number of benzene rings is 1. The number of carboxylic acids is 1. The van der Waals surface area contributed by atoms with E-state index in [4.69, 9.17) is 5.11 Å². The Morgan fingerprint density at radius 1 is 1.43 bits per heavy atom. The van der Waals surface area contributed by atoms with Crippen molar-refractivity contribution in [3.63, 3.8) is 0 Å². The first kappa shape index (κ1) is 10.7. The van der Waals surface area contributed by atoms with Crippen molar-refractivity contribution in [1.82, 2.24) is 0 Å². The second-order valence-corrected chi connectivity index (χ2v) is 3.39. The van der Waals surface area contributed by atoms with Crippen molar-refractivity contribution in [2.75, 3.05) is 0 Å². The topological polar surface area (TPSA) is 54.4 Å². The number of hydrogen-bond donors (Lipinski definition) is 1. The summed E-state index contributed by atoms with van der Waals surface area (Å²) in [5.74, 6) is -0.975. The minimum absolute atomic E-state index is 0.208. The molecular weight excluding hydrogens is 248 g/mol. The number of carboxylic acid groups (broad SMARTS) is 1. The number of halogens is 1. The van der Waals surface area contributed by atoms with Gasteiger partial charge in [0, 0.05) is 4.47 Å². The summed E-state index contributed by atoms with van der Waals surface area (Å²) in [5.41, 5.74) is 0.974. The number of carbonyl (C=O) groups is 2. The zero-order valence-electron chi connectivity index (χ0n) is 7.11. The van der Waals surface area contributed by atoms with Crippen molar-refractivity contribution in [2.45, 2.75) is 0 Å².